The lowest BCUT2D eigenvalue weighted by Crippen LogP contribution is -2.28. The third kappa shape index (κ3) is 8.29. The lowest BCUT2D eigenvalue weighted by atomic mass is 10.2. The SMILES string of the molecule is CN(C)CCCNC(=O)CSCc1ccc(Br)cc1. The van der Waals surface area contributed by atoms with Gasteiger partial charge in [0.25, 0.3) is 0 Å². The molecule has 0 aromatic heterocycles. The molecule has 0 aliphatic carbocycles. The molecule has 1 N–H and O–H groups in total. The number of amides is 1. The minimum atomic E-state index is 0.126. The number of halogens is 1. The molecule has 1 aromatic carbocycles. The molecule has 0 saturated heterocycles. The van der Waals surface area contributed by atoms with Gasteiger partial charge >= 0.3 is 0 Å². The number of thioether (sulfide) groups is 1. The first-order chi connectivity index (χ1) is 9.08. The van der Waals surface area contributed by atoms with Gasteiger partial charge in [0.15, 0.2) is 0 Å². The van der Waals surface area contributed by atoms with Crippen molar-refractivity contribution in [1.82, 2.24) is 10.2 Å². The molecule has 0 saturated carbocycles. The van der Waals surface area contributed by atoms with E-state index in [0.717, 1.165) is 29.7 Å². The molecule has 0 fully saturated rings. The predicted molar refractivity (Wildman–Crippen MR) is 86.5 cm³/mol. The number of hydrogen-bond donors (Lipinski definition) is 1. The lowest BCUT2D eigenvalue weighted by Gasteiger charge is -2.09. The maximum absolute atomic E-state index is 11.6. The quantitative estimate of drug-likeness (QED) is 0.736. The van der Waals surface area contributed by atoms with Gasteiger partial charge in [0.1, 0.15) is 0 Å². The summed E-state index contributed by atoms with van der Waals surface area (Å²) in [6, 6.07) is 8.20. The molecule has 19 heavy (non-hydrogen) atoms. The molecule has 0 bridgehead atoms. The number of carbonyl (C=O) groups is 1. The molecule has 1 amide bonds. The number of rotatable bonds is 8. The van der Waals surface area contributed by atoms with Crippen LogP contribution in [-0.4, -0.2) is 43.7 Å². The Morgan fingerprint density at radius 3 is 2.63 bits per heavy atom. The minimum absolute atomic E-state index is 0.126. The Balaban J connectivity index is 2.08. The van der Waals surface area contributed by atoms with Crippen LogP contribution in [0.25, 0.3) is 0 Å². The first-order valence-corrected chi connectivity index (χ1v) is 8.26. The van der Waals surface area contributed by atoms with E-state index in [1.165, 1.54) is 5.56 Å². The Bertz CT molecular complexity index is 382. The monoisotopic (exact) mass is 344 g/mol. The third-order valence-corrected chi connectivity index (χ3v) is 4.05. The number of carbonyl (C=O) groups excluding carboxylic acids is 1. The van der Waals surface area contributed by atoms with Gasteiger partial charge < -0.3 is 10.2 Å². The van der Waals surface area contributed by atoms with Crippen molar-refractivity contribution < 1.29 is 4.79 Å². The second-order valence-corrected chi connectivity index (χ2v) is 6.53. The van der Waals surface area contributed by atoms with E-state index in [-0.39, 0.29) is 5.91 Å². The van der Waals surface area contributed by atoms with Crippen molar-refractivity contribution in [2.24, 2.45) is 0 Å². The molecule has 0 heterocycles. The lowest BCUT2D eigenvalue weighted by molar-refractivity contribution is -0.118. The molecule has 0 unspecified atom stereocenters. The Hall–Kier alpha value is -0.520. The van der Waals surface area contributed by atoms with Gasteiger partial charge in [-0.3, -0.25) is 4.79 Å². The molecule has 3 nitrogen and oxygen atoms in total. The van der Waals surface area contributed by atoms with Gasteiger partial charge in [-0.15, -0.1) is 11.8 Å². The van der Waals surface area contributed by atoms with E-state index in [1.807, 2.05) is 26.2 Å². The van der Waals surface area contributed by atoms with Crippen LogP contribution >= 0.6 is 27.7 Å². The number of benzene rings is 1. The standard InChI is InChI=1S/C14H21BrN2OS/c1-17(2)9-3-8-16-14(18)11-19-10-12-4-6-13(15)7-5-12/h4-7H,3,8-11H2,1-2H3,(H,16,18). The summed E-state index contributed by atoms with van der Waals surface area (Å²) in [6.07, 6.45) is 0.996. The van der Waals surface area contributed by atoms with Crippen LogP contribution < -0.4 is 5.32 Å². The highest BCUT2D eigenvalue weighted by Gasteiger charge is 2.01. The Kier molecular flexibility index (Phi) is 8.18. The second kappa shape index (κ2) is 9.39. The fraction of sp³-hybridized carbons (Fsp3) is 0.500. The van der Waals surface area contributed by atoms with Gasteiger partial charge in [-0.2, -0.15) is 0 Å². The average Bonchev–Trinajstić information content (AvgIpc) is 2.37. The first kappa shape index (κ1) is 16.5. The van der Waals surface area contributed by atoms with Crippen LogP contribution in [0, 0.1) is 0 Å². The van der Waals surface area contributed by atoms with Crippen molar-refractivity contribution in [3.63, 3.8) is 0 Å². The average molecular weight is 345 g/mol. The van der Waals surface area contributed by atoms with Crippen LogP contribution in [0.2, 0.25) is 0 Å². The van der Waals surface area contributed by atoms with E-state index < -0.39 is 0 Å². The van der Waals surface area contributed by atoms with E-state index in [9.17, 15) is 4.79 Å². The third-order valence-electron chi connectivity index (χ3n) is 2.52. The number of nitrogens with zero attached hydrogens (tertiary/aromatic N) is 1. The van der Waals surface area contributed by atoms with Gasteiger partial charge in [-0.05, 0) is 44.8 Å². The Morgan fingerprint density at radius 2 is 2.00 bits per heavy atom. The van der Waals surface area contributed by atoms with Crippen molar-refractivity contribution in [1.29, 1.82) is 0 Å². The van der Waals surface area contributed by atoms with Crippen LogP contribution in [0.5, 0.6) is 0 Å². The summed E-state index contributed by atoms with van der Waals surface area (Å²) in [4.78, 5) is 13.7. The summed E-state index contributed by atoms with van der Waals surface area (Å²) in [7, 11) is 4.08. The summed E-state index contributed by atoms with van der Waals surface area (Å²) in [5.41, 5.74) is 1.24. The first-order valence-electron chi connectivity index (χ1n) is 6.31. The highest BCUT2D eigenvalue weighted by Crippen LogP contribution is 2.15. The van der Waals surface area contributed by atoms with E-state index in [4.69, 9.17) is 0 Å². The summed E-state index contributed by atoms with van der Waals surface area (Å²) < 4.78 is 1.08. The van der Waals surface area contributed by atoms with Gasteiger partial charge in [-0.1, -0.05) is 28.1 Å². The van der Waals surface area contributed by atoms with Crippen molar-refractivity contribution in [2.75, 3.05) is 32.9 Å². The second-order valence-electron chi connectivity index (χ2n) is 4.63. The smallest absolute Gasteiger partial charge is 0.230 e. The number of nitrogens with one attached hydrogen (secondary N) is 1. The zero-order valence-corrected chi connectivity index (χ0v) is 13.9. The summed E-state index contributed by atoms with van der Waals surface area (Å²) in [5, 5.41) is 2.94. The van der Waals surface area contributed by atoms with Crippen molar-refractivity contribution in [2.45, 2.75) is 12.2 Å². The van der Waals surface area contributed by atoms with Crippen molar-refractivity contribution in [3.05, 3.63) is 34.3 Å². The fourth-order valence-corrected chi connectivity index (χ4v) is 2.60. The minimum Gasteiger partial charge on any atom is -0.355 e. The molecular weight excluding hydrogens is 324 g/mol. The van der Waals surface area contributed by atoms with Crippen LogP contribution in [-0.2, 0) is 10.5 Å². The van der Waals surface area contributed by atoms with Crippen LogP contribution in [0.1, 0.15) is 12.0 Å². The van der Waals surface area contributed by atoms with Gasteiger partial charge in [0.05, 0.1) is 5.75 Å². The highest BCUT2D eigenvalue weighted by atomic mass is 79.9. The summed E-state index contributed by atoms with van der Waals surface area (Å²) >= 11 is 5.05. The summed E-state index contributed by atoms with van der Waals surface area (Å²) in [6.45, 7) is 1.77. The highest BCUT2D eigenvalue weighted by molar-refractivity contribution is 9.10. The summed E-state index contributed by atoms with van der Waals surface area (Å²) in [5.74, 6) is 1.53. The molecular formula is C14H21BrN2OS. The van der Waals surface area contributed by atoms with Gasteiger partial charge in [0, 0.05) is 16.8 Å². The van der Waals surface area contributed by atoms with Crippen molar-refractivity contribution in [3.8, 4) is 0 Å². The Labute approximate surface area is 128 Å². The molecule has 0 aliphatic heterocycles. The molecule has 0 spiro atoms. The Morgan fingerprint density at radius 1 is 1.32 bits per heavy atom. The number of hydrogen-bond acceptors (Lipinski definition) is 3. The predicted octanol–water partition coefficient (Wildman–Crippen LogP) is 2.75. The maximum atomic E-state index is 11.6. The van der Waals surface area contributed by atoms with Gasteiger partial charge in [0.2, 0.25) is 5.91 Å². The molecule has 0 radical (unpaired) electrons. The molecule has 0 atom stereocenters. The van der Waals surface area contributed by atoms with Crippen molar-refractivity contribution >= 4 is 33.6 Å². The largest absolute Gasteiger partial charge is 0.355 e. The molecule has 106 valence electrons. The van der Waals surface area contributed by atoms with Crippen LogP contribution in [0.15, 0.2) is 28.7 Å². The van der Waals surface area contributed by atoms with E-state index in [2.05, 4.69) is 38.3 Å². The van der Waals surface area contributed by atoms with Gasteiger partial charge in [-0.25, -0.2) is 0 Å². The fourth-order valence-electron chi connectivity index (χ4n) is 1.52. The van der Waals surface area contributed by atoms with E-state index >= 15 is 0 Å². The maximum Gasteiger partial charge on any atom is 0.230 e. The molecule has 1 rings (SSSR count). The molecule has 5 heteroatoms. The topological polar surface area (TPSA) is 32.3 Å². The van der Waals surface area contributed by atoms with E-state index in [0.29, 0.717) is 5.75 Å². The zero-order valence-electron chi connectivity index (χ0n) is 11.5. The normalized spacial score (nSPS) is 10.7. The zero-order chi connectivity index (χ0) is 14.1. The molecule has 1 aromatic rings. The van der Waals surface area contributed by atoms with E-state index in [1.54, 1.807) is 11.8 Å². The molecule has 0 aliphatic rings. The van der Waals surface area contributed by atoms with Crippen LogP contribution in [0.3, 0.4) is 0 Å². The van der Waals surface area contributed by atoms with Crippen LogP contribution in [0.4, 0.5) is 0 Å².